The second-order valence-electron chi connectivity index (χ2n) is 5.25. The van der Waals surface area contributed by atoms with E-state index in [1.165, 1.54) is 12.8 Å². The summed E-state index contributed by atoms with van der Waals surface area (Å²) in [6.45, 7) is 5.89. The summed E-state index contributed by atoms with van der Waals surface area (Å²) in [6.07, 6.45) is 6.78. The standard InChI is InChI=1S/C16H31IO5/c17-7-11-19-13-15-20-14-12-18-8-3-1-4-9-21-16-6-2-5-10-22-16/h16H,1-15H2. The average Bonchev–Trinajstić information content (AvgIpc) is 2.56. The van der Waals surface area contributed by atoms with Gasteiger partial charge in [-0.3, -0.25) is 0 Å². The minimum Gasteiger partial charge on any atom is -0.379 e. The van der Waals surface area contributed by atoms with Gasteiger partial charge < -0.3 is 23.7 Å². The fraction of sp³-hybridized carbons (Fsp3) is 1.00. The van der Waals surface area contributed by atoms with E-state index in [2.05, 4.69) is 22.6 Å². The van der Waals surface area contributed by atoms with E-state index in [1.807, 2.05) is 0 Å². The van der Waals surface area contributed by atoms with Crippen LogP contribution in [0.25, 0.3) is 0 Å². The predicted molar refractivity (Wildman–Crippen MR) is 94.7 cm³/mol. The minimum atomic E-state index is 0.0445. The Morgan fingerprint density at radius 2 is 1.45 bits per heavy atom. The fourth-order valence-electron chi connectivity index (χ4n) is 2.14. The summed E-state index contributed by atoms with van der Waals surface area (Å²) in [6, 6.07) is 0. The summed E-state index contributed by atoms with van der Waals surface area (Å²) in [7, 11) is 0. The Bertz CT molecular complexity index is 225. The lowest BCUT2D eigenvalue weighted by molar-refractivity contribution is -0.162. The molecule has 1 heterocycles. The van der Waals surface area contributed by atoms with Crippen molar-refractivity contribution in [3.8, 4) is 0 Å². The van der Waals surface area contributed by atoms with Crippen LogP contribution in [-0.4, -0.2) is 63.6 Å². The number of alkyl halides is 1. The maximum absolute atomic E-state index is 5.69. The van der Waals surface area contributed by atoms with Crippen LogP contribution in [-0.2, 0) is 23.7 Å². The molecule has 1 fully saturated rings. The number of halogens is 1. The van der Waals surface area contributed by atoms with E-state index in [-0.39, 0.29) is 6.29 Å². The molecule has 0 aromatic heterocycles. The quantitative estimate of drug-likeness (QED) is 0.227. The van der Waals surface area contributed by atoms with Gasteiger partial charge in [0.25, 0.3) is 0 Å². The molecule has 0 spiro atoms. The lowest BCUT2D eigenvalue weighted by Crippen LogP contribution is -2.22. The highest BCUT2D eigenvalue weighted by atomic mass is 127. The monoisotopic (exact) mass is 430 g/mol. The number of hydrogen-bond acceptors (Lipinski definition) is 5. The molecule has 0 aromatic rings. The molecule has 0 radical (unpaired) electrons. The van der Waals surface area contributed by atoms with E-state index in [0.29, 0.717) is 26.4 Å². The Labute approximate surface area is 148 Å². The summed E-state index contributed by atoms with van der Waals surface area (Å²) in [4.78, 5) is 0. The number of ether oxygens (including phenoxy) is 5. The molecule has 0 N–H and O–H groups in total. The molecule has 1 saturated heterocycles. The maximum atomic E-state index is 5.69. The largest absolute Gasteiger partial charge is 0.379 e. The van der Waals surface area contributed by atoms with Crippen molar-refractivity contribution < 1.29 is 23.7 Å². The van der Waals surface area contributed by atoms with Crippen molar-refractivity contribution in [3.05, 3.63) is 0 Å². The highest BCUT2D eigenvalue weighted by molar-refractivity contribution is 14.1. The molecule has 1 rings (SSSR count). The van der Waals surface area contributed by atoms with Crippen LogP contribution in [0.15, 0.2) is 0 Å². The first-order valence-corrected chi connectivity index (χ1v) is 9.98. The van der Waals surface area contributed by atoms with Gasteiger partial charge in [-0.25, -0.2) is 0 Å². The van der Waals surface area contributed by atoms with Gasteiger partial charge in [0.05, 0.1) is 33.0 Å². The zero-order valence-electron chi connectivity index (χ0n) is 13.6. The van der Waals surface area contributed by atoms with Gasteiger partial charge in [-0.2, -0.15) is 0 Å². The molecule has 1 aliphatic heterocycles. The molecule has 1 aliphatic rings. The van der Waals surface area contributed by atoms with Gasteiger partial charge >= 0.3 is 0 Å². The van der Waals surface area contributed by atoms with Gasteiger partial charge in [0, 0.05) is 24.2 Å². The highest BCUT2D eigenvalue weighted by Crippen LogP contribution is 2.14. The first-order chi connectivity index (χ1) is 10.9. The Kier molecular flexibility index (Phi) is 15.3. The molecule has 6 heteroatoms. The van der Waals surface area contributed by atoms with E-state index in [9.17, 15) is 0 Å². The zero-order chi connectivity index (χ0) is 15.7. The molecule has 1 atom stereocenters. The van der Waals surface area contributed by atoms with Gasteiger partial charge in [-0.1, -0.05) is 22.6 Å². The van der Waals surface area contributed by atoms with Crippen molar-refractivity contribution in [2.24, 2.45) is 0 Å². The Morgan fingerprint density at radius 1 is 0.773 bits per heavy atom. The van der Waals surface area contributed by atoms with Crippen molar-refractivity contribution in [1.29, 1.82) is 0 Å². The van der Waals surface area contributed by atoms with E-state index < -0.39 is 0 Å². The topological polar surface area (TPSA) is 46.2 Å². The van der Waals surface area contributed by atoms with Crippen LogP contribution in [0, 0.1) is 0 Å². The van der Waals surface area contributed by atoms with Gasteiger partial charge in [0.1, 0.15) is 0 Å². The zero-order valence-corrected chi connectivity index (χ0v) is 15.8. The Hall–Kier alpha value is 0.530. The second-order valence-corrected chi connectivity index (χ2v) is 6.33. The third kappa shape index (κ3) is 13.0. The third-order valence-electron chi connectivity index (χ3n) is 3.34. The molecule has 0 aromatic carbocycles. The van der Waals surface area contributed by atoms with Crippen LogP contribution in [0.2, 0.25) is 0 Å². The second kappa shape index (κ2) is 16.4. The molecule has 0 bridgehead atoms. The molecule has 0 saturated carbocycles. The van der Waals surface area contributed by atoms with E-state index in [4.69, 9.17) is 23.7 Å². The van der Waals surface area contributed by atoms with Crippen LogP contribution in [0.5, 0.6) is 0 Å². The van der Waals surface area contributed by atoms with Crippen molar-refractivity contribution in [2.75, 3.05) is 57.3 Å². The van der Waals surface area contributed by atoms with Crippen molar-refractivity contribution in [1.82, 2.24) is 0 Å². The highest BCUT2D eigenvalue weighted by Gasteiger charge is 2.13. The average molecular weight is 430 g/mol. The molecule has 0 amide bonds. The molecular weight excluding hydrogens is 399 g/mol. The Morgan fingerprint density at radius 3 is 2.14 bits per heavy atom. The summed E-state index contributed by atoms with van der Waals surface area (Å²) in [5, 5.41) is 0. The molecular formula is C16H31IO5. The smallest absolute Gasteiger partial charge is 0.157 e. The van der Waals surface area contributed by atoms with Gasteiger partial charge in [-0.05, 0) is 38.5 Å². The van der Waals surface area contributed by atoms with Crippen LogP contribution in [0.1, 0.15) is 38.5 Å². The Balaban J connectivity index is 1.68. The van der Waals surface area contributed by atoms with Gasteiger partial charge in [0.15, 0.2) is 6.29 Å². The summed E-state index contributed by atoms with van der Waals surface area (Å²) >= 11 is 2.29. The van der Waals surface area contributed by atoms with Gasteiger partial charge in [0.2, 0.25) is 0 Å². The van der Waals surface area contributed by atoms with Crippen LogP contribution < -0.4 is 0 Å². The molecule has 1 unspecified atom stereocenters. The van der Waals surface area contributed by atoms with E-state index >= 15 is 0 Å². The number of unbranched alkanes of at least 4 members (excludes halogenated alkanes) is 2. The SMILES string of the molecule is ICCOCCOCCOCCCCCOC1CCCCO1. The normalized spacial score (nSPS) is 18.7. The van der Waals surface area contributed by atoms with Crippen molar-refractivity contribution in [2.45, 2.75) is 44.8 Å². The number of hydrogen-bond donors (Lipinski definition) is 0. The summed E-state index contributed by atoms with van der Waals surface area (Å²) in [5.41, 5.74) is 0. The molecule has 0 aliphatic carbocycles. The van der Waals surface area contributed by atoms with Crippen molar-refractivity contribution >= 4 is 22.6 Å². The summed E-state index contributed by atoms with van der Waals surface area (Å²) in [5.74, 6) is 0. The van der Waals surface area contributed by atoms with E-state index in [1.54, 1.807) is 0 Å². The van der Waals surface area contributed by atoms with Gasteiger partial charge in [-0.15, -0.1) is 0 Å². The van der Waals surface area contributed by atoms with Crippen LogP contribution in [0.4, 0.5) is 0 Å². The molecule has 5 nitrogen and oxygen atoms in total. The predicted octanol–water partition coefficient (Wildman–Crippen LogP) is 3.18. The molecule has 132 valence electrons. The first kappa shape index (κ1) is 20.6. The van der Waals surface area contributed by atoms with Crippen LogP contribution >= 0.6 is 22.6 Å². The third-order valence-corrected chi connectivity index (χ3v) is 3.78. The first-order valence-electron chi connectivity index (χ1n) is 8.46. The van der Waals surface area contributed by atoms with Crippen molar-refractivity contribution in [3.63, 3.8) is 0 Å². The van der Waals surface area contributed by atoms with E-state index in [0.717, 1.165) is 56.5 Å². The summed E-state index contributed by atoms with van der Waals surface area (Å²) < 4.78 is 28.5. The fourth-order valence-corrected chi connectivity index (χ4v) is 2.45. The van der Waals surface area contributed by atoms with Crippen LogP contribution in [0.3, 0.4) is 0 Å². The number of rotatable bonds is 15. The maximum Gasteiger partial charge on any atom is 0.157 e. The lowest BCUT2D eigenvalue weighted by atomic mass is 10.2. The molecule has 22 heavy (non-hydrogen) atoms. The minimum absolute atomic E-state index is 0.0445. The lowest BCUT2D eigenvalue weighted by Gasteiger charge is -2.22.